The molecule has 2 aromatic rings. The number of fused-ring (bicyclic) bond motifs is 1. The molecule has 0 heterocycles. The van der Waals surface area contributed by atoms with Gasteiger partial charge in [-0.3, -0.25) is 0 Å². The fourth-order valence-corrected chi connectivity index (χ4v) is 2.92. The van der Waals surface area contributed by atoms with Gasteiger partial charge in [-0.15, -0.1) is 0 Å². The molecule has 0 amide bonds. The van der Waals surface area contributed by atoms with E-state index in [2.05, 4.69) is 67.6 Å². The van der Waals surface area contributed by atoms with Crippen molar-refractivity contribution in [3.8, 4) is 0 Å². The fourth-order valence-electron chi connectivity index (χ4n) is 2.92. The van der Waals surface area contributed by atoms with Crippen LogP contribution in [0.15, 0.2) is 60.7 Å². The highest BCUT2D eigenvalue weighted by Crippen LogP contribution is 2.31. The van der Waals surface area contributed by atoms with Crippen molar-refractivity contribution in [2.75, 3.05) is 0 Å². The Balaban J connectivity index is 2.10. The van der Waals surface area contributed by atoms with Gasteiger partial charge in [0.15, 0.2) is 0 Å². The lowest BCUT2D eigenvalue weighted by Crippen LogP contribution is -2.06. The van der Waals surface area contributed by atoms with E-state index >= 15 is 0 Å². The summed E-state index contributed by atoms with van der Waals surface area (Å²) in [6.07, 6.45) is 11.7. The SMILES string of the molecule is CCCCC(=N)c1cc2ccccc2cc1C1C=CC=C1. The third-order valence-corrected chi connectivity index (χ3v) is 4.13. The molecular weight excluding hydrogens is 254 g/mol. The minimum atomic E-state index is 0.312. The Hall–Kier alpha value is -2.15. The van der Waals surface area contributed by atoms with E-state index in [0.717, 1.165) is 30.5 Å². The molecular formula is C20H21N. The first-order chi connectivity index (χ1) is 10.3. The van der Waals surface area contributed by atoms with E-state index in [-0.39, 0.29) is 0 Å². The molecule has 3 rings (SSSR count). The smallest absolute Gasteiger partial charge is 0.0389 e. The molecule has 21 heavy (non-hydrogen) atoms. The summed E-state index contributed by atoms with van der Waals surface area (Å²) < 4.78 is 0. The van der Waals surface area contributed by atoms with Crippen LogP contribution in [0.4, 0.5) is 0 Å². The van der Waals surface area contributed by atoms with Crippen LogP contribution in [0.3, 0.4) is 0 Å². The van der Waals surface area contributed by atoms with Crippen LogP contribution < -0.4 is 0 Å². The second-order valence-electron chi connectivity index (χ2n) is 5.66. The Bertz CT molecular complexity index is 710. The molecule has 0 unspecified atom stereocenters. The zero-order valence-corrected chi connectivity index (χ0v) is 12.5. The lowest BCUT2D eigenvalue weighted by Gasteiger charge is -2.16. The number of hydrogen-bond acceptors (Lipinski definition) is 1. The summed E-state index contributed by atoms with van der Waals surface area (Å²) >= 11 is 0. The highest BCUT2D eigenvalue weighted by molar-refractivity contribution is 6.03. The van der Waals surface area contributed by atoms with Crippen molar-refractivity contribution in [3.05, 3.63) is 71.8 Å². The maximum absolute atomic E-state index is 8.46. The normalized spacial score (nSPS) is 14.1. The Morgan fingerprint density at radius 1 is 1.05 bits per heavy atom. The minimum Gasteiger partial charge on any atom is -0.305 e. The molecule has 0 atom stereocenters. The van der Waals surface area contributed by atoms with E-state index in [9.17, 15) is 0 Å². The summed E-state index contributed by atoms with van der Waals surface area (Å²) in [4.78, 5) is 0. The average Bonchev–Trinajstić information content (AvgIpc) is 3.05. The summed E-state index contributed by atoms with van der Waals surface area (Å²) in [5.74, 6) is 0.312. The van der Waals surface area contributed by atoms with Gasteiger partial charge in [-0.2, -0.15) is 0 Å². The van der Waals surface area contributed by atoms with E-state index in [4.69, 9.17) is 5.41 Å². The molecule has 0 aliphatic heterocycles. The van der Waals surface area contributed by atoms with E-state index < -0.39 is 0 Å². The Morgan fingerprint density at radius 2 is 1.71 bits per heavy atom. The highest BCUT2D eigenvalue weighted by Gasteiger charge is 2.16. The first kappa shape index (κ1) is 13.8. The Labute approximate surface area is 126 Å². The maximum Gasteiger partial charge on any atom is 0.0389 e. The summed E-state index contributed by atoms with van der Waals surface area (Å²) in [5, 5.41) is 10.9. The van der Waals surface area contributed by atoms with Crippen molar-refractivity contribution in [2.45, 2.75) is 32.1 Å². The second-order valence-corrected chi connectivity index (χ2v) is 5.66. The van der Waals surface area contributed by atoms with Crippen LogP contribution in [0.25, 0.3) is 10.8 Å². The van der Waals surface area contributed by atoms with Crippen LogP contribution in [0.2, 0.25) is 0 Å². The second kappa shape index (κ2) is 6.09. The van der Waals surface area contributed by atoms with Crippen molar-refractivity contribution in [1.82, 2.24) is 0 Å². The van der Waals surface area contributed by atoms with E-state index in [1.54, 1.807) is 0 Å². The van der Waals surface area contributed by atoms with Gasteiger partial charge < -0.3 is 5.41 Å². The van der Waals surface area contributed by atoms with Gasteiger partial charge in [0.2, 0.25) is 0 Å². The molecule has 2 aromatic carbocycles. The molecule has 1 aliphatic carbocycles. The summed E-state index contributed by atoms with van der Waals surface area (Å²) in [5.41, 5.74) is 3.15. The number of allylic oxidation sites excluding steroid dienone is 4. The lowest BCUT2D eigenvalue weighted by molar-refractivity contribution is 0.832. The van der Waals surface area contributed by atoms with Gasteiger partial charge in [0, 0.05) is 11.6 Å². The Morgan fingerprint density at radius 3 is 2.38 bits per heavy atom. The molecule has 1 N–H and O–H groups in total. The predicted octanol–water partition coefficient (Wildman–Crippen LogP) is 5.61. The van der Waals surface area contributed by atoms with Gasteiger partial charge in [-0.05, 0) is 46.9 Å². The Kier molecular flexibility index (Phi) is 4.01. The van der Waals surface area contributed by atoms with Crippen molar-refractivity contribution in [1.29, 1.82) is 5.41 Å². The van der Waals surface area contributed by atoms with Gasteiger partial charge in [0.1, 0.15) is 0 Å². The maximum atomic E-state index is 8.46. The summed E-state index contributed by atoms with van der Waals surface area (Å²) in [6.45, 7) is 2.18. The molecule has 0 fully saturated rings. The highest BCUT2D eigenvalue weighted by atomic mass is 14.4. The van der Waals surface area contributed by atoms with Crippen LogP contribution in [-0.2, 0) is 0 Å². The molecule has 0 saturated heterocycles. The van der Waals surface area contributed by atoms with E-state index in [0.29, 0.717) is 5.92 Å². The molecule has 1 aliphatic rings. The fraction of sp³-hybridized carbons (Fsp3) is 0.250. The molecule has 0 radical (unpaired) electrons. The van der Waals surface area contributed by atoms with E-state index in [1.807, 2.05) is 0 Å². The minimum absolute atomic E-state index is 0.312. The standard InChI is InChI=1S/C20H21N/c1-2-3-12-20(21)19-14-17-11-7-6-10-16(17)13-18(19)15-8-4-5-9-15/h4-11,13-15,21H,2-3,12H2,1H3. The zero-order chi connectivity index (χ0) is 14.7. The van der Waals surface area contributed by atoms with Crippen molar-refractivity contribution in [3.63, 3.8) is 0 Å². The number of nitrogens with one attached hydrogen (secondary N) is 1. The van der Waals surface area contributed by atoms with E-state index in [1.165, 1.54) is 16.3 Å². The zero-order valence-electron chi connectivity index (χ0n) is 12.5. The quantitative estimate of drug-likeness (QED) is 0.686. The van der Waals surface area contributed by atoms with Crippen molar-refractivity contribution in [2.24, 2.45) is 0 Å². The topological polar surface area (TPSA) is 23.9 Å². The predicted molar refractivity (Wildman–Crippen MR) is 91.3 cm³/mol. The molecule has 1 nitrogen and oxygen atoms in total. The van der Waals surface area contributed by atoms with Crippen LogP contribution in [0, 0.1) is 5.41 Å². The van der Waals surface area contributed by atoms with Crippen molar-refractivity contribution < 1.29 is 0 Å². The third-order valence-electron chi connectivity index (χ3n) is 4.13. The summed E-state index contributed by atoms with van der Waals surface area (Å²) in [6, 6.07) is 12.9. The molecule has 0 aromatic heterocycles. The number of benzene rings is 2. The van der Waals surface area contributed by atoms with Crippen molar-refractivity contribution >= 4 is 16.5 Å². The first-order valence-electron chi connectivity index (χ1n) is 7.75. The molecule has 0 spiro atoms. The molecule has 106 valence electrons. The lowest BCUT2D eigenvalue weighted by atomic mass is 9.88. The largest absolute Gasteiger partial charge is 0.305 e. The van der Waals surface area contributed by atoms with Gasteiger partial charge >= 0.3 is 0 Å². The monoisotopic (exact) mass is 275 g/mol. The van der Waals surface area contributed by atoms with Gasteiger partial charge in [-0.1, -0.05) is 61.9 Å². The number of rotatable bonds is 5. The average molecular weight is 275 g/mol. The van der Waals surface area contributed by atoms with Gasteiger partial charge in [0.25, 0.3) is 0 Å². The van der Waals surface area contributed by atoms with Crippen LogP contribution in [-0.4, -0.2) is 5.71 Å². The van der Waals surface area contributed by atoms with Crippen LogP contribution in [0.5, 0.6) is 0 Å². The molecule has 0 saturated carbocycles. The summed E-state index contributed by atoms with van der Waals surface area (Å²) in [7, 11) is 0. The molecule has 0 bridgehead atoms. The number of hydrogen-bond donors (Lipinski definition) is 1. The van der Waals surface area contributed by atoms with Gasteiger partial charge in [-0.25, -0.2) is 0 Å². The van der Waals surface area contributed by atoms with Crippen LogP contribution >= 0.6 is 0 Å². The van der Waals surface area contributed by atoms with Gasteiger partial charge in [0.05, 0.1) is 0 Å². The third kappa shape index (κ3) is 2.82. The number of unbranched alkanes of at least 4 members (excludes halogenated alkanes) is 1. The van der Waals surface area contributed by atoms with Crippen LogP contribution in [0.1, 0.15) is 43.2 Å². The first-order valence-corrected chi connectivity index (χ1v) is 7.75. The molecule has 1 heteroatoms.